The molecule has 5 N–H and O–H groups in total. The number of aromatic nitrogens is 4. The summed E-state index contributed by atoms with van der Waals surface area (Å²) in [6, 6.07) is 4.25. The first-order chi connectivity index (χ1) is 9.04. The van der Waals surface area contributed by atoms with Gasteiger partial charge >= 0.3 is 0 Å². The van der Waals surface area contributed by atoms with Crippen LogP contribution in [-0.4, -0.2) is 30.1 Å². The van der Waals surface area contributed by atoms with E-state index in [9.17, 15) is 15.0 Å². The summed E-state index contributed by atoms with van der Waals surface area (Å²) in [5.41, 5.74) is 0.748. The largest absolute Gasteiger partial charge is 0.504 e. The minimum Gasteiger partial charge on any atom is -0.504 e. The first-order valence-corrected chi connectivity index (χ1v) is 5.70. The van der Waals surface area contributed by atoms with Crippen LogP contribution in [0.4, 0.5) is 0 Å². The fraction of sp³-hybridized carbons (Fsp3) is 0. The predicted molar refractivity (Wildman–Crippen MR) is 70.7 cm³/mol. The Bertz CT molecular complexity index is 893. The van der Waals surface area contributed by atoms with Crippen molar-refractivity contribution in [3.05, 3.63) is 33.3 Å². The van der Waals surface area contributed by atoms with Gasteiger partial charge in [0.1, 0.15) is 11.3 Å². The Balaban J connectivity index is 2.26. The lowest BCUT2D eigenvalue weighted by Gasteiger charge is -1.99. The fourth-order valence-electron chi connectivity index (χ4n) is 1.74. The number of H-pyrrole nitrogens is 3. The summed E-state index contributed by atoms with van der Waals surface area (Å²) < 4.78 is 0.184. The lowest BCUT2D eigenvalue weighted by Crippen LogP contribution is -2.07. The molecule has 0 bridgehead atoms. The summed E-state index contributed by atoms with van der Waals surface area (Å²) in [6.07, 6.45) is 0. The summed E-state index contributed by atoms with van der Waals surface area (Å²) in [4.78, 5) is 23.9. The molecule has 0 aliphatic rings. The van der Waals surface area contributed by atoms with E-state index in [1.54, 1.807) is 6.07 Å². The molecule has 0 radical (unpaired) electrons. The molecule has 7 nitrogen and oxygen atoms in total. The van der Waals surface area contributed by atoms with Crippen LogP contribution in [0.3, 0.4) is 0 Å². The normalized spacial score (nSPS) is 10.9. The van der Waals surface area contributed by atoms with E-state index in [2.05, 4.69) is 19.9 Å². The Morgan fingerprint density at radius 1 is 1.11 bits per heavy atom. The van der Waals surface area contributed by atoms with Crippen LogP contribution < -0.4 is 5.56 Å². The third kappa shape index (κ3) is 1.87. The monoisotopic (exact) mass is 276 g/mol. The molecule has 0 aliphatic heterocycles. The summed E-state index contributed by atoms with van der Waals surface area (Å²) in [5.74, 6) is -0.107. The highest BCUT2D eigenvalue weighted by molar-refractivity contribution is 7.71. The second-order valence-corrected chi connectivity index (χ2v) is 4.33. The van der Waals surface area contributed by atoms with Gasteiger partial charge < -0.3 is 20.2 Å². The Labute approximate surface area is 110 Å². The second kappa shape index (κ2) is 3.95. The SMILES string of the molecule is O=c1[nH]c(=S)[nH]c2nc(-c3ccc(O)c(O)c3)[nH]c12. The zero-order valence-electron chi connectivity index (χ0n) is 9.39. The molecule has 1 aromatic carbocycles. The molecule has 2 aromatic heterocycles. The number of aromatic hydroxyl groups is 2. The van der Waals surface area contributed by atoms with Gasteiger partial charge in [0, 0.05) is 5.56 Å². The minimum atomic E-state index is -0.375. The molecule has 3 rings (SSSR count). The Hall–Kier alpha value is -2.61. The van der Waals surface area contributed by atoms with Gasteiger partial charge in [0.15, 0.2) is 21.9 Å². The number of phenols is 2. The Morgan fingerprint density at radius 3 is 2.63 bits per heavy atom. The van der Waals surface area contributed by atoms with E-state index in [0.29, 0.717) is 17.0 Å². The second-order valence-electron chi connectivity index (χ2n) is 3.92. The number of aromatic amines is 3. The Kier molecular flexibility index (Phi) is 2.39. The maximum Gasteiger partial charge on any atom is 0.277 e. The van der Waals surface area contributed by atoms with Crippen molar-refractivity contribution < 1.29 is 10.2 Å². The molecule has 0 saturated heterocycles. The maximum atomic E-state index is 11.7. The quantitative estimate of drug-likeness (QED) is 0.340. The molecular formula is C11H8N4O3S. The molecule has 0 unspecified atom stereocenters. The first-order valence-electron chi connectivity index (χ1n) is 5.29. The van der Waals surface area contributed by atoms with Crippen molar-refractivity contribution in [2.45, 2.75) is 0 Å². The molecule has 0 atom stereocenters. The molecule has 3 aromatic rings. The van der Waals surface area contributed by atoms with Crippen molar-refractivity contribution in [1.29, 1.82) is 0 Å². The van der Waals surface area contributed by atoms with Crippen LogP contribution in [0.5, 0.6) is 11.5 Å². The van der Waals surface area contributed by atoms with Crippen molar-refractivity contribution >= 4 is 23.4 Å². The number of phenolic OH excluding ortho intramolecular Hbond substituents is 2. The highest BCUT2D eigenvalue weighted by Crippen LogP contribution is 2.29. The van der Waals surface area contributed by atoms with Gasteiger partial charge in [-0.2, -0.15) is 0 Å². The third-order valence-corrected chi connectivity index (χ3v) is 2.84. The molecule has 8 heteroatoms. The van der Waals surface area contributed by atoms with Gasteiger partial charge in [-0.15, -0.1) is 0 Å². The molecular weight excluding hydrogens is 268 g/mol. The number of nitrogens with zero attached hydrogens (tertiary/aromatic N) is 1. The van der Waals surface area contributed by atoms with Crippen LogP contribution in [-0.2, 0) is 0 Å². The molecule has 0 saturated carbocycles. The zero-order chi connectivity index (χ0) is 13.6. The van der Waals surface area contributed by atoms with Crippen molar-refractivity contribution in [3.63, 3.8) is 0 Å². The topological polar surface area (TPSA) is 118 Å². The van der Waals surface area contributed by atoms with Crippen LogP contribution in [0.1, 0.15) is 0 Å². The molecule has 96 valence electrons. The third-order valence-electron chi connectivity index (χ3n) is 2.64. The maximum absolute atomic E-state index is 11.7. The van der Waals surface area contributed by atoms with Gasteiger partial charge in [0.05, 0.1) is 0 Å². The highest BCUT2D eigenvalue weighted by atomic mass is 32.1. The number of rotatable bonds is 1. The van der Waals surface area contributed by atoms with Crippen LogP contribution in [0, 0.1) is 4.77 Å². The molecule has 2 heterocycles. The average molecular weight is 276 g/mol. The van der Waals surface area contributed by atoms with Gasteiger partial charge in [-0.25, -0.2) is 4.98 Å². The number of benzene rings is 1. The van der Waals surface area contributed by atoms with Crippen LogP contribution >= 0.6 is 12.2 Å². The van der Waals surface area contributed by atoms with Crippen LogP contribution in [0.2, 0.25) is 0 Å². The van der Waals surface area contributed by atoms with Gasteiger partial charge in [-0.1, -0.05) is 0 Å². The van der Waals surface area contributed by atoms with Crippen LogP contribution in [0.15, 0.2) is 23.0 Å². The van der Waals surface area contributed by atoms with Gasteiger partial charge in [0.25, 0.3) is 5.56 Å². The highest BCUT2D eigenvalue weighted by Gasteiger charge is 2.10. The van der Waals surface area contributed by atoms with Gasteiger partial charge in [-0.05, 0) is 30.4 Å². The lowest BCUT2D eigenvalue weighted by atomic mass is 10.2. The fourth-order valence-corrected chi connectivity index (χ4v) is 1.93. The summed E-state index contributed by atoms with van der Waals surface area (Å²) in [7, 11) is 0. The van der Waals surface area contributed by atoms with Crippen molar-refractivity contribution in [1.82, 2.24) is 19.9 Å². The van der Waals surface area contributed by atoms with E-state index >= 15 is 0 Å². The molecule has 0 amide bonds. The van der Waals surface area contributed by atoms with Gasteiger partial charge in [0.2, 0.25) is 0 Å². The standard InChI is InChI=1S/C11H8N4O3S/c16-5-2-1-4(3-6(5)17)8-12-7-9(13-8)14-11(19)15-10(7)18/h1-3,16-17H,(H3,12,13,14,15,18,19). The van der Waals surface area contributed by atoms with Crippen molar-refractivity contribution in [3.8, 4) is 22.9 Å². The van der Waals surface area contributed by atoms with E-state index in [1.165, 1.54) is 12.1 Å². The van der Waals surface area contributed by atoms with E-state index in [4.69, 9.17) is 12.2 Å². The number of fused-ring (bicyclic) bond motifs is 1. The molecule has 0 spiro atoms. The minimum absolute atomic E-state index is 0.184. The van der Waals surface area contributed by atoms with E-state index in [-0.39, 0.29) is 27.3 Å². The number of hydrogen-bond acceptors (Lipinski definition) is 5. The van der Waals surface area contributed by atoms with Crippen molar-refractivity contribution in [2.24, 2.45) is 0 Å². The lowest BCUT2D eigenvalue weighted by molar-refractivity contribution is 0.404. The number of hydrogen-bond donors (Lipinski definition) is 5. The summed E-state index contributed by atoms with van der Waals surface area (Å²) >= 11 is 4.85. The smallest absolute Gasteiger partial charge is 0.277 e. The number of imidazole rings is 1. The zero-order valence-corrected chi connectivity index (χ0v) is 10.2. The van der Waals surface area contributed by atoms with Crippen LogP contribution in [0.25, 0.3) is 22.6 Å². The van der Waals surface area contributed by atoms with E-state index in [1.807, 2.05) is 0 Å². The summed E-state index contributed by atoms with van der Waals surface area (Å²) in [6.45, 7) is 0. The first kappa shape index (κ1) is 11.5. The van der Waals surface area contributed by atoms with E-state index < -0.39 is 0 Å². The summed E-state index contributed by atoms with van der Waals surface area (Å²) in [5, 5.41) is 18.7. The predicted octanol–water partition coefficient (Wildman–Crippen LogP) is 1.39. The molecule has 0 fully saturated rings. The molecule has 19 heavy (non-hydrogen) atoms. The Morgan fingerprint density at radius 2 is 1.89 bits per heavy atom. The van der Waals surface area contributed by atoms with Gasteiger partial charge in [-0.3, -0.25) is 9.78 Å². The molecule has 0 aliphatic carbocycles. The number of nitrogens with one attached hydrogen (secondary N) is 3. The van der Waals surface area contributed by atoms with Crippen molar-refractivity contribution in [2.75, 3.05) is 0 Å². The average Bonchev–Trinajstić information content (AvgIpc) is 2.76. The van der Waals surface area contributed by atoms with E-state index in [0.717, 1.165) is 0 Å².